The number of carbonyl (C=O) groups is 3. The fourth-order valence-electron chi connectivity index (χ4n) is 9.38. The van der Waals surface area contributed by atoms with Crippen LogP contribution in [0.5, 0.6) is 0 Å². The number of unbranched alkanes of at least 4 members (excludes halogenated alkanes) is 39. The highest BCUT2D eigenvalue weighted by Crippen LogP contribution is 2.18. The van der Waals surface area contributed by atoms with Gasteiger partial charge in [-0.2, -0.15) is 0 Å². The van der Waals surface area contributed by atoms with Crippen LogP contribution in [0, 0.1) is 0 Å². The van der Waals surface area contributed by atoms with E-state index in [1.165, 1.54) is 205 Å². The van der Waals surface area contributed by atoms with Crippen molar-refractivity contribution in [3.05, 3.63) is 48.6 Å². The van der Waals surface area contributed by atoms with E-state index < -0.39 is 6.10 Å². The molecule has 420 valence electrons. The van der Waals surface area contributed by atoms with Crippen LogP contribution in [0.1, 0.15) is 335 Å². The van der Waals surface area contributed by atoms with Gasteiger partial charge in [0.25, 0.3) is 0 Å². The topological polar surface area (TPSA) is 78.9 Å². The summed E-state index contributed by atoms with van der Waals surface area (Å²) in [6.45, 7) is 6.44. The molecule has 0 radical (unpaired) electrons. The first-order valence-corrected chi connectivity index (χ1v) is 31.6. The molecule has 0 aromatic heterocycles. The van der Waals surface area contributed by atoms with Crippen molar-refractivity contribution in [1.29, 1.82) is 0 Å². The van der Waals surface area contributed by atoms with Crippen molar-refractivity contribution in [2.24, 2.45) is 0 Å². The van der Waals surface area contributed by atoms with Gasteiger partial charge in [-0.3, -0.25) is 14.4 Å². The largest absolute Gasteiger partial charge is 0.462 e. The predicted molar refractivity (Wildman–Crippen MR) is 312 cm³/mol. The number of ether oxygens (including phenoxy) is 3. The first-order chi connectivity index (χ1) is 35.5. The Bertz CT molecular complexity index is 1250. The minimum absolute atomic E-state index is 0.0873. The molecule has 0 rings (SSSR count). The Morgan fingerprint density at radius 1 is 0.292 bits per heavy atom. The Balaban J connectivity index is 3.87. The fourth-order valence-corrected chi connectivity index (χ4v) is 9.38. The molecule has 0 aliphatic carbocycles. The lowest BCUT2D eigenvalue weighted by molar-refractivity contribution is -0.167. The molecule has 0 N–H and O–H groups in total. The lowest BCUT2D eigenvalue weighted by Crippen LogP contribution is -2.30. The van der Waals surface area contributed by atoms with Crippen LogP contribution in [0.15, 0.2) is 48.6 Å². The highest BCUT2D eigenvalue weighted by Gasteiger charge is 2.19. The molecule has 0 aromatic rings. The monoisotopic (exact) mass is 1010 g/mol. The van der Waals surface area contributed by atoms with E-state index in [-0.39, 0.29) is 37.5 Å². The lowest BCUT2D eigenvalue weighted by Gasteiger charge is -2.18. The third-order valence-electron chi connectivity index (χ3n) is 14.1. The van der Waals surface area contributed by atoms with Crippen LogP contribution in [0.25, 0.3) is 0 Å². The summed E-state index contributed by atoms with van der Waals surface area (Å²) in [4.78, 5) is 37.8. The smallest absolute Gasteiger partial charge is 0.306 e. The molecule has 0 aromatic carbocycles. The van der Waals surface area contributed by atoms with E-state index in [2.05, 4.69) is 69.4 Å². The quantitative estimate of drug-likeness (QED) is 0.0261. The summed E-state index contributed by atoms with van der Waals surface area (Å²) in [5.74, 6) is -0.932. The second kappa shape index (κ2) is 60.9. The van der Waals surface area contributed by atoms with E-state index in [0.717, 1.165) is 83.5 Å². The molecule has 0 aliphatic heterocycles. The molecule has 0 spiro atoms. The van der Waals surface area contributed by atoms with E-state index >= 15 is 0 Å². The molecule has 6 nitrogen and oxygen atoms in total. The highest BCUT2D eigenvalue weighted by atomic mass is 16.6. The zero-order valence-electron chi connectivity index (χ0n) is 48.2. The molecule has 0 heterocycles. The number of hydrogen-bond donors (Lipinski definition) is 0. The first-order valence-electron chi connectivity index (χ1n) is 31.6. The summed E-state index contributed by atoms with van der Waals surface area (Å²) < 4.78 is 16.7. The number of carbonyl (C=O) groups excluding carboxylic acids is 3. The minimum atomic E-state index is -0.789. The molecule has 0 bridgehead atoms. The van der Waals surface area contributed by atoms with Gasteiger partial charge in [-0.25, -0.2) is 0 Å². The minimum Gasteiger partial charge on any atom is -0.462 e. The second-order valence-corrected chi connectivity index (χ2v) is 21.3. The normalized spacial score (nSPS) is 12.3. The Morgan fingerprint density at radius 3 is 0.847 bits per heavy atom. The summed E-state index contributed by atoms with van der Waals surface area (Å²) in [7, 11) is 0. The molecule has 6 heteroatoms. The summed E-state index contributed by atoms with van der Waals surface area (Å²) in [6, 6.07) is 0. The number of rotatable bonds is 58. The van der Waals surface area contributed by atoms with Crippen LogP contribution in [-0.4, -0.2) is 37.2 Å². The van der Waals surface area contributed by atoms with Gasteiger partial charge in [-0.1, -0.05) is 307 Å². The van der Waals surface area contributed by atoms with Gasteiger partial charge < -0.3 is 14.2 Å². The summed E-state index contributed by atoms with van der Waals surface area (Å²) in [5, 5.41) is 0. The molecule has 0 aliphatic rings. The zero-order chi connectivity index (χ0) is 52.2. The van der Waals surface area contributed by atoms with Crippen molar-refractivity contribution in [2.45, 2.75) is 341 Å². The van der Waals surface area contributed by atoms with Crippen molar-refractivity contribution >= 4 is 17.9 Å². The van der Waals surface area contributed by atoms with Crippen molar-refractivity contribution in [2.75, 3.05) is 13.2 Å². The zero-order valence-corrected chi connectivity index (χ0v) is 48.2. The maximum Gasteiger partial charge on any atom is 0.306 e. The summed E-state index contributed by atoms with van der Waals surface area (Å²) >= 11 is 0. The van der Waals surface area contributed by atoms with Crippen LogP contribution < -0.4 is 0 Å². The lowest BCUT2D eigenvalue weighted by atomic mass is 10.0. The maximum atomic E-state index is 12.7. The Hall–Kier alpha value is -2.63. The Morgan fingerprint density at radius 2 is 0.542 bits per heavy atom. The predicted octanol–water partition coefficient (Wildman–Crippen LogP) is 21.4. The van der Waals surface area contributed by atoms with E-state index in [0.29, 0.717) is 19.3 Å². The Labute approximate surface area is 448 Å². The van der Waals surface area contributed by atoms with E-state index in [1.54, 1.807) is 0 Å². The molecule has 72 heavy (non-hydrogen) atoms. The van der Waals surface area contributed by atoms with Crippen LogP contribution in [-0.2, 0) is 28.6 Å². The van der Waals surface area contributed by atoms with Gasteiger partial charge >= 0.3 is 17.9 Å². The van der Waals surface area contributed by atoms with Crippen LogP contribution >= 0.6 is 0 Å². The van der Waals surface area contributed by atoms with E-state index in [4.69, 9.17) is 14.2 Å². The van der Waals surface area contributed by atoms with E-state index in [9.17, 15) is 14.4 Å². The average Bonchev–Trinajstić information content (AvgIpc) is 3.38. The summed E-state index contributed by atoms with van der Waals surface area (Å²) in [6.07, 6.45) is 76.4. The van der Waals surface area contributed by atoms with Gasteiger partial charge in [0, 0.05) is 19.3 Å². The van der Waals surface area contributed by atoms with Crippen LogP contribution in [0.3, 0.4) is 0 Å². The third kappa shape index (κ3) is 58.3. The van der Waals surface area contributed by atoms with Crippen molar-refractivity contribution < 1.29 is 28.6 Å². The SMILES string of the molecule is CC/C=C\C/C=C\C/C=C\C/C=C\CCCCC(=O)OC(COC(=O)CCCCCCC)COC(=O)CCCCCCCCCCCCCCCCCCCCCCCCCCCCCCCCCCCC. The summed E-state index contributed by atoms with van der Waals surface area (Å²) in [5.41, 5.74) is 0. The Kier molecular flexibility index (Phi) is 58.7. The molecule has 0 saturated heterocycles. The van der Waals surface area contributed by atoms with Gasteiger partial charge in [-0.15, -0.1) is 0 Å². The van der Waals surface area contributed by atoms with Gasteiger partial charge in [0.2, 0.25) is 0 Å². The number of allylic oxidation sites excluding steroid dienone is 8. The van der Waals surface area contributed by atoms with Crippen molar-refractivity contribution in [3.63, 3.8) is 0 Å². The maximum absolute atomic E-state index is 12.7. The van der Waals surface area contributed by atoms with Crippen LogP contribution in [0.2, 0.25) is 0 Å². The second-order valence-electron chi connectivity index (χ2n) is 21.3. The third-order valence-corrected chi connectivity index (χ3v) is 14.1. The number of esters is 3. The molecular weight excluding hydrogens is 889 g/mol. The first kappa shape index (κ1) is 69.4. The standard InChI is InChI=1S/C66H120O6/c1-4-7-10-13-15-17-19-21-23-24-25-26-27-28-29-30-31-32-33-34-35-36-37-38-39-40-41-43-44-46-48-50-53-56-59-65(68)71-62-63(61-70-64(67)58-55-52-12-9-6-3)72-66(69)60-57-54-51-49-47-45-42-22-20-18-16-14-11-8-5-2/h8,11,16,18,22,42,47,49,63H,4-7,9-10,12-15,17,19-21,23-41,43-46,48,50-62H2,1-3H3/b11-8-,18-16-,42-22-,49-47-. The molecule has 0 saturated carbocycles. The fraction of sp³-hybridized carbons (Fsp3) is 0.833. The van der Waals surface area contributed by atoms with Crippen LogP contribution in [0.4, 0.5) is 0 Å². The molecule has 0 fully saturated rings. The van der Waals surface area contributed by atoms with Crippen molar-refractivity contribution in [3.8, 4) is 0 Å². The van der Waals surface area contributed by atoms with Gasteiger partial charge in [-0.05, 0) is 57.8 Å². The van der Waals surface area contributed by atoms with Gasteiger partial charge in [0.1, 0.15) is 13.2 Å². The van der Waals surface area contributed by atoms with E-state index in [1.807, 2.05) is 0 Å². The number of hydrogen-bond acceptors (Lipinski definition) is 6. The highest BCUT2D eigenvalue weighted by molar-refractivity contribution is 5.71. The van der Waals surface area contributed by atoms with Gasteiger partial charge in [0.05, 0.1) is 0 Å². The molecule has 1 atom stereocenters. The molecule has 0 amide bonds. The molecular formula is C66H120O6. The average molecular weight is 1010 g/mol. The van der Waals surface area contributed by atoms with Gasteiger partial charge in [0.15, 0.2) is 6.10 Å². The molecule has 1 unspecified atom stereocenters. The van der Waals surface area contributed by atoms with Crippen molar-refractivity contribution in [1.82, 2.24) is 0 Å².